The molecule has 56 heavy (non-hydrogen) atoms. The van der Waals surface area contributed by atoms with Crippen molar-refractivity contribution in [1.29, 1.82) is 0 Å². The molecule has 0 spiro atoms. The zero-order valence-corrected chi connectivity index (χ0v) is 35.6. The van der Waals surface area contributed by atoms with E-state index in [2.05, 4.69) is 79.8 Å². The van der Waals surface area contributed by atoms with E-state index in [9.17, 15) is 4.79 Å². The van der Waals surface area contributed by atoms with Gasteiger partial charge in [0, 0.05) is 36.4 Å². The second kappa shape index (κ2) is 20.2. The quantitative estimate of drug-likeness (QED) is 0.0444. The molecule has 1 heterocycles. The highest BCUT2D eigenvalue weighted by molar-refractivity contribution is 6.02. The van der Waals surface area contributed by atoms with E-state index in [1.807, 2.05) is 66.2 Å². The van der Waals surface area contributed by atoms with E-state index < -0.39 is 5.97 Å². The molecule has 0 radical (unpaired) electrons. The molecule has 0 fully saturated rings. The number of benzene rings is 3. The number of aromatic nitrogens is 1. The van der Waals surface area contributed by atoms with Gasteiger partial charge in [0.15, 0.2) is 11.5 Å². The normalized spacial score (nSPS) is 11.9. The molecule has 0 N–H and O–H groups in total. The maximum atomic E-state index is 13.6. The SMILES string of the molecule is CCC(C)CCCOC(=O)c1cc2c(C#Cc3ccc(OCCC[N+](C)(C)C)cc3)c(OC)c(OC)c(C#Cc3ccc(OCCC[N+](C)(C)C)cc3)c2n1C. The fourth-order valence-electron chi connectivity index (χ4n) is 6.25. The number of methoxy groups -OCH3 is 2. The number of quaternary nitrogens is 2. The van der Waals surface area contributed by atoms with Crippen LogP contribution >= 0.6 is 0 Å². The highest BCUT2D eigenvalue weighted by Gasteiger charge is 2.26. The smallest absolute Gasteiger partial charge is 0.354 e. The lowest BCUT2D eigenvalue weighted by atomic mass is 10.0. The Balaban J connectivity index is 1.71. The molecule has 3 aromatic carbocycles. The van der Waals surface area contributed by atoms with Gasteiger partial charge in [-0.25, -0.2) is 4.79 Å². The van der Waals surface area contributed by atoms with Crippen molar-refractivity contribution >= 4 is 16.9 Å². The third-order valence-corrected chi connectivity index (χ3v) is 9.64. The largest absolute Gasteiger partial charge is 0.493 e. The van der Waals surface area contributed by atoms with Crippen molar-refractivity contribution in [3.8, 4) is 46.7 Å². The molecular formula is C47H63N3O6+2. The van der Waals surface area contributed by atoms with E-state index in [-0.39, 0.29) is 0 Å². The number of carbonyl (C=O) groups excluding carboxylic acids is 1. The lowest BCUT2D eigenvalue weighted by Crippen LogP contribution is -2.36. The lowest BCUT2D eigenvalue weighted by Gasteiger charge is -2.23. The summed E-state index contributed by atoms with van der Waals surface area (Å²) in [5.74, 6) is 15.9. The summed E-state index contributed by atoms with van der Waals surface area (Å²) in [5, 5.41) is 0.711. The Hall–Kier alpha value is -5.09. The summed E-state index contributed by atoms with van der Waals surface area (Å²) in [6, 6.07) is 17.3. The molecule has 1 unspecified atom stereocenters. The van der Waals surface area contributed by atoms with Gasteiger partial charge in [0.2, 0.25) is 0 Å². The van der Waals surface area contributed by atoms with Crippen LogP contribution in [-0.4, -0.2) is 109 Å². The molecule has 0 aliphatic rings. The fraction of sp³-hybridized carbons (Fsp3) is 0.468. The van der Waals surface area contributed by atoms with Gasteiger partial charge >= 0.3 is 5.97 Å². The molecule has 0 saturated heterocycles. The second-order valence-corrected chi connectivity index (χ2v) is 16.4. The van der Waals surface area contributed by atoms with Gasteiger partial charge in [0.25, 0.3) is 0 Å². The minimum atomic E-state index is -0.405. The van der Waals surface area contributed by atoms with Crippen LogP contribution in [0.5, 0.6) is 23.0 Å². The zero-order valence-electron chi connectivity index (χ0n) is 35.6. The molecule has 1 aromatic heterocycles. The molecule has 0 aliphatic heterocycles. The van der Waals surface area contributed by atoms with Crippen LogP contribution in [0.1, 0.15) is 78.7 Å². The van der Waals surface area contributed by atoms with E-state index in [0.29, 0.717) is 65.0 Å². The van der Waals surface area contributed by atoms with Crippen LogP contribution < -0.4 is 18.9 Å². The van der Waals surface area contributed by atoms with Gasteiger partial charge in [-0.2, -0.15) is 0 Å². The number of nitrogens with zero attached hydrogens (tertiary/aromatic N) is 3. The number of ether oxygens (including phenoxy) is 5. The maximum absolute atomic E-state index is 13.6. The van der Waals surface area contributed by atoms with E-state index >= 15 is 0 Å². The van der Waals surface area contributed by atoms with Crippen LogP contribution in [-0.2, 0) is 11.8 Å². The number of rotatable bonds is 18. The summed E-state index contributed by atoms with van der Waals surface area (Å²) in [6.45, 7) is 8.10. The third-order valence-electron chi connectivity index (χ3n) is 9.64. The van der Waals surface area contributed by atoms with E-state index in [0.717, 1.165) is 76.8 Å². The predicted molar refractivity (Wildman–Crippen MR) is 226 cm³/mol. The van der Waals surface area contributed by atoms with Crippen LogP contribution in [0.3, 0.4) is 0 Å². The fourth-order valence-corrected chi connectivity index (χ4v) is 6.25. The predicted octanol–water partition coefficient (Wildman–Crippen LogP) is 7.93. The van der Waals surface area contributed by atoms with E-state index in [1.165, 1.54) is 0 Å². The molecule has 1 atom stereocenters. The Morgan fingerprint density at radius 2 is 1.18 bits per heavy atom. The number of carbonyl (C=O) groups is 1. The molecule has 0 aliphatic carbocycles. The monoisotopic (exact) mass is 765 g/mol. The Morgan fingerprint density at radius 1 is 0.696 bits per heavy atom. The molecule has 9 nitrogen and oxygen atoms in total. The van der Waals surface area contributed by atoms with Crippen LogP contribution in [0.2, 0.25) is 0 Å². The standard InChI is InChI=1S/C47H63N3O6/c1-12-35(2)16-13-31-56-47(51)43-34-42-40(27-21-36-17-23-38(24-18-36)54-32-14-29-49(4,5)6)45(52-10)46(53-11)41(44(42)48(43)3)28-22-37-19-25-39(26-20-37)55-33-15-30-50(7,8)9/h17-20,23-26,34-35H,12-16,29-33H2,1-11H3/q+2. The molecule has 0 amide bonds. The Bertz CT molecular complexity index is 2030. The number of fused-ring (bicyclic) bond motifs is 1. The molecule has 4 aromatic rings. The van der Waals surface area contributed by atoms with Crippen LogP contribution in [0.25, 0.3) is 10.9 Å². The van der Waals surface area contributed by atoms with Gasteiger partial charge in [-0.1, -0.05) is 44.0 Å². The third kappa shape index (κ3) is 12.7. The highest BCUT2D eigenvalue weighted by atomic mass is 16.5. The van der Waals surface area contributed by atoms with Crippen LogP contribution in [0, 0.1) is 29.6 Å². The lowest BCUT2D eigenvalue weighted by molar-refractivity contribution is -0.870. The first kappa shape index (κ1) is 43.6. The molecule has 0 saturated carbocycles. The maximum Gasteiger partial charge on any atom is 0.354 e. The molecule has 0 bridgehead atoms. The average molecular weight is 766 g/mol. The summed E-state index contributed by atoms with van der Waals surface area (Å²) in [7, 11) is 18.1. The first-order chi connectivity index (χ1) is 26.6. The molecule has 300 valence electrons. The summed E-state index contributed by atoms with van der Waals surface area (Å²) in [5.41, 5.74) is 3.86. The molecular weight excluding hydrogens is 703 g/mol. The van der Waals surface area contributed by atoms with Crippen molar-refractivity contribution < 1.29 is 37.4 Å². The number of hydrogen-bond donors (Lipinski definition) is 0. The number of aryl methyl sites for hydroxylation is 1. The minimum absolute atomic E-state index is 0.349. The van der Waals surface area contributed by atoms with Gasteiger partial charge in [-0.3, -0.25) is 0 Å². The zero-order chi connectivity index (χ0) is 40.9. The Morgan fingerprint density at radius 3 is 1.64 bits per heavy atom. The van der Waals surface area contributed by atoms with Crippen LogP contribution in [0.4, 0.5) is 0 Å². The minimum Gasteiger partial charge on any atom is -0.493 e. The summed E-state index contributed by atoms with van der Waals surface area (Å²) >= 11 is 0. The second-order valence-electron chi connectivity index (χ2n) is 16.4. The van der Waals surface area contributed by atoms with Gasteiger partial charge in [0.05, 0.1) is 106 Å². The number of esters is 1. The topological polar surface area (TPSA) is 68.2 Å². The Kier molecular flexibility index (Phi) is 15.7. The summed E-state index contributed by atoms with van der Waals surface area (Å²) in [4.78, 5) is 13.6. The van der Waals surface area contributed by atoms with Gasteiger partial charge in [-0.15, -0.1) is 0 Å². The van der Waals surface area contributed by atoms with Gasteiger partial charge in [-0.05, 0) is 73.4 Å². The van der Waals surface area contributed by atoms with Crippen LogP contribution in [0.15, 0.2) is 54.6 Å². The van der Waals surface area contributed by atoms with Crippen molar-refractivity contribution in [3.63, 3.8) is 0 Å². The highest BCUT2D eigenvalue weighted by Crippen LogP contribution is 2.42. The average Bonchev–Trinajstić information content (AvgIpc) is 3.51. The van der Waals surface area contributed by atoms with Gasteiger partial charge < -0.3 is 37.2 Å². The van der Waals surface area contributed by atoms with Gasteiger partial charge in [0.1, 0.15) is 17.2 Å². The molecule has 9 heteroatoms. The summed E-state index contributed by atoms with van der Waals surface area (Å²) < 4.78 is 33.4. The molecule has 4 rings (SSSR count). The number of hydrogen-bond acceptors (Lipinski definition) is 6. The van der Waals surface area contributed by atoms with Crippen molar-refractivity contribution in [2.24, 2.45) is 13.0 Å². The van der Waals surface area contributed by atoms with Crippen molar-refractivity contribution in [2.45, 2.75) is 46.0 Å². The first-order valence-electron chi connectivity index (χ1n) is 19.7. The van der Waals surface area contributed by atoms with E-state index in [1.54, 1.807) is 14.2 Å². The first-order valence-corrected chi connectivity index (χ1v) is 19.7. The van der Waals surface area contributed by atoms with Crippen molar-refractivity contribution in [2.75, 3.05) is 89.4 Å². The van der Waals surface area contributed by atoms with Crippen molar-refractivity contribution in [1.82, 2.24) is 4.57 Å². The van der Waals surface area contributed by atoms with E-state index in [4.69, 9.17) is 23.7 Å². The van der Waals surface area contributed by atoms with Crippen molar-refractivity contribution in [3.05, 3.63) is 82.5 Å². The Labute approximate surface area is 335 Å². The summed E-state index contributed by atoms with van der Waals surface area (Å²) in [6.07, 6.45) is 4.83.